The first-order valence-corrected chi connectivity index (χ1v) is 12.1. The molecule has 3 fully saturated rings. The Kier molecular flexibility index (Phi) is 6.40. The van der Waals surface area contributed by atoms with Gasteiger partial charge in [-0.15, -0.1) is 0 Å². The molecule has 1 aliphatic carbocycles. The number of alkyl halides is 1. The summed E-state index contributed by atoms with van der Waals surface area (Å²) >= 11 is 0. The van der Waals surface area contributed by atoms with Crippen molar-refractivity contribution in [3.05, 3.63) is 41.6 Å². The van der Waals surface area contributed by atoms with Gasteiger partial charge in [-0.2, -0.15) is 0 Å². The van der Waals surface area contributed by atoms with Gasteiger partial charge in [-0.25, -0.2) is 14.4 Å². The average molecular weight is 470 g/mol. The van der Waals surface area contributed by atoms with Crippen LogP contribution in [0.4, 0.5) is 21.8 Å². The van der Waals surface area contributed by atoms with Gasteiger partial charge in [0.05, 0.1) is 30.6 Å². The van der Waals surface area contributed by atoms with Crippen molar-refractivity contribution in [3.63, 3.8) is 0 Å². The normalized spacial score (nSPS) is 22.5. The van der Waals surface area contributed by atoms with Crippen LogP contribution in [-0.2, 0) is 4.74 Å². The number of carbonyl (C=O) groups excluding carboxylic acids is 1. The van der Waals surface area contributed by atoms with Crippen LogP contribution in [0.1, 0.15) is 54.8 Å². The van der Waals surface area contributed by atoms with Crippen molar-refractivity contribution in [2.75, 3.05) is 54.5 Å². The average Bonchev–Trinajstić information content (AvgIpc) is 3.62. The second-order valence-electron chi connectivity index (χ2n) is 9.71. The molecule has 1 saturated carbocycles. The molecule has 8 nitrogen and oxygen atoms in total. The van der Waals surface area contributed by atoms with E-state index >= 15 is 0 Å². The number of aliphatic hydroxyl groups excluding tert-OH is 1. The number of pyridine rings is 2. The molecule has 34 heavy (non-hydrogen) atoms. The van der Waals surface area contributed by atoms with Crippen LogP contribution in [-0.4, -0.2) is 66.5 Å². The Balaban J connectivity index is 1.37. The minimum atomic E-state index is -1.58. The van der Waals surface area contributed by atoms with Crippen LogP contribution >= 0.6 is 0 Å². The molecule has 2 saturated heterocycles. The topological polar surface area (TPSA) is 90.8 Å². The van der Waals surface area contributed by atoms with E-state index in [0.717, 1.165) is 44.8 Å². The Bertz CT molecular complexity index is 1040. The molecule has 2 aromatic heterocycles. The molecule has 182 valence electrons. The molecule has 2 N–H and O–H groups in total. The first-order chi connectivity index (χ1) is 16.5. The maximum absolute atomic E-state index is 14.2. The van der Waals surface area contributed by atoms with E-state index in [1.165, 1.54) is 18.9 Å². The quantitative estimate of drug-likeness (QED) is 0.671. The number of hydrogen-bond donors (Lipinski definition) is 2. The highest BCUT2D eigenvalue weighted by molar-refractivity contribution is 6.07. The first-order valence-electron chi connectivity index (χ1n) is 12.1. The van der Waals surface area contributed by atoms with Crippen molar-refractivity contribution in [1.29, 1.82) is 0 Å². The number of aromatic nitrogens is 2. The van der Waals surface area contributed by atoms with Crippen molar-refractivity contribution in [2.24, 2.45) is 5.41 Å². The summed E-state index contributed by atoms with van der Waals surface area (Å²) in [7, 11) is 0. The number of aliphatic hydroxyl groups is 1. The number of amides is 1. The van der Waals surface area contributed by atoms with Gasteiger partial charge in [-0.1, -0.05) is 6.07 Å². The molecule has 0 radical (unpaired) electrons. The third-order valence-corrected chi connectivity index (χ3v) is 7.24. The molecule has 2 aromatic rings. The molecule has 1 amide bonds. The second-order valence-corrected chi connectivity index (χ2v) is 9.71. The summed E-state index contributed by atoms with van der Waals surface area (Å²) in [6.07, 6.45) is 3.19. The van der Waals surface area contributed by atoms with Crippen molar-refractivity contribution in [1.82, 2.24) is 9.97 Å². The molecule has 2 aliphatic heterocycles. The van der Waals surface area contributed by atoms with Crippen molar-refractivity contribution < 1.29 is 19.0 Å². The number of piperidine rings is 1. The van der Waals surface area contributed by atoms with Crippen LogP contribution in [0.25, 0.3) is 0 Å². The summed E-state index contributed by atoms with van der Waals surface area (Å²) < 4.78 is 19.8. The van der Waals surface area contributed by atoms with Crippen LogP contribution < -0.4 is 15.1 Å². The van der Waals surface area contributed by atoms with E-state index in [-0.39, 0.29) is 17.7 Å². The monoisotopic (exact) mass is 469 g/mol. The lowest BCUT2D eigenvalue weighted by molar-refractivity contribution is 0.0529. The van der Waals surface area contributed by atoms with Gasteiger partial charge in [0.25, 0.3) is 5.91 Å². The van der Waals surface area contributed by atoms with Crippen molar-refractivity contribution in [3.8, 4) is 0 Å². The van der Waals surface area contributed by atoms with E-state index in [1.807, 2.05) is 19.1 Å². The van der Waals surface area contributed by atoms with Crippen LogP contribution in [0.2, 0.25) is 0 Å². The van der Waals surface area contributed by atoms with E-state index in [1.54, 1.807) is 12.1 Å². The van der Waals surface area contributed by atoms with Gasteiger partial charge in [0.1, 0.15) is 17.5 Å². The first kappa shape index (κ1) is 23.0. The highest BCUT2D eigenvalue weighted by atomic mass is 19.1. The summed E-state index contributed by atoms with van der Waals surface area (Å²) in [6.45, 7) is 5.09. The lowest BCUT2D eigenvalue weighted by atomic mass is 9.93. The van der Waals surface area contributed by atoms with Crippen molar-refractivity contribution >= 4 is 23.4 Å². The number of ether oxygens (including phenoxy) is 1. The standard InChI is InChI=1S/C25H32FN5O3/c1-17-15-31(13-14-34-17)22-4-2-3-21(28-22)29-24(33)18-5-6-20(19(26)16-32)27-23(18)30-11-9-25(7-8-25)10-12-30/h2-6,17,19,32H,7-16H2,1H3,(H,28,29,33)/t17-,19?/m1/s1. The summed E-state index contributed by atoms with van der Waals surface area (Å²) in [6, 6.07) is 8.63. The maximum Gasteiger partial charge on any atom is 0.260 e. The summed E-state index contributed by atoms with van der Waals surface area (Å²) in [5, 5.41) is 12.2. The molecular weight excluding hydrogens is 437 g/mol. The van der Waals surface area contributed by atoms with Gasteiger partial charge < -0.3 is 25.0 Å². The largest absolute Gasteiger partial charge is 0.393 e. The number of anilines is 3. The third-order valence-electron chi connectivity index (χ3n) is 7.24. The summed E-state index contributed by atoms with van der Waals surface area (Å²) in [5.41, 5.74) is 0.987. The molecule has 1 unspecified atom stereocenters. The van der Waals surface area contributed by atoms with Crippen LogP contribution in [0.5, 0.6) is 0 Å². The zero-order valence-corrected chi connectivity index (χ0v) is 19.5. The van der Waals surface area contributed by atoms with Crippen molar-refractivity contribution in [2.45, 2.75) is 44.9 Å². The van der Waals surface area contributed by atoms with Crippen LogP contribution in [0.15, 0.2) is 30.3 Å². The van der Waals surface area contributed by atoms with E-state index in [4.69, 9.17) is 4.74 Å². The number of rotatable bonds is 6. The van der Waals surface area contributed by atoms with E-state index in [0.29, 0.717) is 29.2 Å². The van der Waals surface area contributed by atoms with E-state index in [9.17, 15) is 14.3 Å². The number of nitrogens with one attached hydrogen (secondary N) is 1. The molecule has 2 atom stereocenters. The predicted molar refractivity (Wildman–Crippen MR) is 128 cm³/mol. The Labute approximate surface area is 199 Å². The zero-order valence-electron chi connectivity index (χ0n) is 19.5. The molecule has 1 spiro atoms. The Morgan fingerprint density at radius 1 is 1.18 bits per heavy atom. The number of carbonyl (C=O) groups is 1. The second kappa shape index (κ2) is 9.46. The smallest absolute Gasteiger partial charge is 0.260 e. The highest BCUT2D eigenvalue weighted by Crippen LogP contribution is 2.54. The summed E-state index contributed by atoms with van der Waals surface area (Å²) in [4.78, 5) is 26.7. The highest BCUT2D eigenvalue weighted by Gasteiger charge is 2.45. The lowest BCUT2D eigenvalue weighted by Gasteiger charge is -2.34. The minimum absolute atomic E-state index is 0.124. The van der Waals surface area contributed by atoms with Gasteiger partial charge in [0, 0.05) is 26.2 Å². The predicted octanol–water partition coefficient (Wildman–Crippen LogP) is 3.34. The number of morpholine rings is 1. The van der Waals surface area contributed by atoms with E-state index in [2.05, 4.69) is 25.1 Å². The molecule has 0 bridgehead atoms. The lowest BCUT2D eigenvalue weighted by Crippen LogP contribution is -2.41. The number of nitrogens with zero attached hydrogens (tertiary/aromatic N) is 4. The molecule has 4 heterocycles. The number of hydrogen-bond acceptors (Lipinski definition) is 7. The fourth-order valence-corrected chi connectivity index (χ4v) is 4.90. The summed E-state index contributed by atoms with van der Waals surface area (Å²) in [5.74, 6) is 1.38. The Morgan fingerprint density at radius 3 is 2.68 bits per heavy atom. The van der Waals surface area contributed by atoms with Gasteiger partial charge in [-0.3, -0.25) is 4.79 Å². The zero-order chi connectivity index (χ0) is 23.7. The molecular formula is C25H32FN5O3. The fourth-order valence-electron chi connectivity index (χ4n) is 4.90. The fraction of sp³-hybridized carbons (Fsp3) is 0.560. The maximum atomic E-state index is 14.2. The Hall–Kier alpha value is -2.78. The van der Waals surface area contributed by atoms with Crippen LogP contribution in [0.3, 0.4) is 0 Å². The van der Waals surface area contributed by atoms with Gasteiger partial charge in [0.15, 0.2) is 6.17 Å². The van der Waals surface area contributed by atoms with Gasteiger partial charge in [-0.05, 0) is 62.3 Å². The van der Waals surface area contributed by atoms with Crippen LogP contribution in [0, 0.1) is 5.41 Å². The van der Waals surface area contributed by atoms with Gasteiger partial charge in [0.2, 0.25) is 0 Å². The molecule has 0 aromatic carbocycles. The molecule has 5 rings (SSSR count). The third kappa shape index (κ3) is 4.86. The molecule has 3 aliphatic rings. The van der Waals surface area contributed by atoms with Gasteiger partial charge >= 0.3 is 0 Å². The number of halogens is 1. The SMILES string of the molecule is C[C@@H]1CN(c2cccc(NC(=O)c3ccc(C(F)CO)nc3N3CCC4(CC3)CC4)n2)CCO1. The van der Waals surface area contributed by atoms with E-state index < -0.39 is 12.8 Å². The molecule has 9 heteroatoms. The Morgan fingerprint density at radius 2 is 1.97 bits per heavy atom. The minimum Gasteiger partial charge on any atom is -0.393 e.